The number of rotatable bonds is 8. The number of benzene rings is 2. The topological polar surface area (TPSA) is 73.9 Å². The minimum absolute atomic E-state index is 0.249. The van der Waals surface area contributed by atoms with Crippen molar-refractivity contribution < 1.29 is 23.8 Å². The third-order valence-corrected chi connectivity index (χ3v) is 4.28. The molecule has 0 radical (unpaired) electrons. The van der Waals surface area contributed by atoms with E-state index in [1.807, 2.05) is 18.2 Å². The van der Waals surface area contributed by atoms with Crippen LogP contribution in [0, 0.1) is 0 Å². The van der Waals surface area contributed by atoms with E-state index in [4.69, 9.17) is 25.8 Å². The summed E-state index contributed by atoms with van der Waals surface area (Å²) in [4.78, 5) is 24.1. The predicted octanol–water partition coefficient (Wildman–Crippen LogP) is 3.62. The minimum Gasteiger partial charge on any atom is -0.497 e. The van der Waals surface area contributed by atoms with Gasteiger partial charge in [0.1, 0.15) is 11.5 Å². The van der Waals surface area contributed by atoms with Crippen molar-refractivity contribution in [2.24, 2.45) is 0 Å². The van der Waals surface area contributed by atoms with Gasteiger partial charge in [-0.2, -0.15) is 0 Å². The lowest BCUT2D eigenvalue weighted by Gasteiger charge is -2.13. The van der Waals surface area contributed by atoms with Gasteiger partial charge in [-0.3, -0.25) is 4.79 Å². The number of hydrogen-bond donors (Lipinski definition) is 1. The highest BCUT2D eigenvalue weighted by Crippen LogP contribution is 2.25. The number of halogens is 1. The zero-order chi connectivity index (χ0) is 20.5. The minimum atomic E-state index is -0.947. The average Bonchev–Trinajstić information content (AvgIpc) is 2.71. The Balaban J connectivity index is 1.90. The van der Waals surface area contributed by atoms with E-state index >= 15 is 0 Å². The maximum Gasteiger partial charge on any atom is 0.331 e. The summed E-state index contributed by atoms with van der Waals surface area (Å²) >= 11 is 6.05. The van der Waals surface area contributed by atoms with Crippen LogP contribution in [0.4, 0.5) is 0 Å². The molecule has 0 aliphatic carbocycles. The van der Waals surface area contributed by atoms with E-state index in [1.54, 1.807) is 37.5 Å². The number of ether oxygens (including phenoxy) is 3. The van der Waals surface area contributed by atoms with Gasteiger partial charge in [0, 0.05) is 29.3 Å². The molecule has 148 valence electrons. The first-order valence-corrected chi connectivity index (χ1v) is 8.94. The Morgan fingerprint density at radius 1 is 1.14 bits per heavy atom. The first-order valence-electron chi connectivity index (χ1n) is 8.56. The lowest BCUT2D eigenvalue weighted by molar-refractivity contribution is -0.150. The summed E-state index contributed by atoms with van der Waals surface area (Å²) in [6, 6.07) is 12.4. The van der Waals surface area contributed by atoms with Crippen LogP contribution in [-0.4, -0.2) is 32.2 Å². The van der Waals surface area contributed by atoms with E-state index in [0.717, 1.165) is 5.56 Å². The van der Waals surface area contributed by atoms with Gasteiger partial charge in [-0.25, -0.2) is 4.79 Å². The molecular formula is C21H22ClNO5. The van der Waals surface area contributed by atoms with Gasteiger partial charge in [0.05, 0.1) is 14.2 Å². The van der Waals surface area contributed by atoms with Crippen LogP contribution in [0.2, 0.25) is 5.02 Å². The van der Waals surface area contributed by atoms with Crippen molar-refractivity contribution in [3.05, 3.63) is 64.7 Å². The van der Waals surface area contributed by atoms with E-state index in [1.165, 1.54) is 20.1 Å². The van der Waals surface area contributed by atoms with Crippen LogP contribution >= 0.6 is 11.6 Å². The number of esters is 1. The third kappa shape index (κ3) is 6.03. The maximum atomic E-state index is 12.1. The van der Waals surface area contributed by atoms with Crippen LogP contribution in [0.25, 0.3) is 6.08 Å². The fourth-order valence-electron chi connectivity index (χ4n) is 2.35. The number of methoxy groups -OCH3 is 2. The van der Waals surface area contributed by atoms with Crippen molar-refractivity contribution in [1.29, 1.82) is 0 Å². The molecule has 6 nitrogen and oxygen atoms in total. The van der Waals surface area contributed by atoms with Crippen molar-refractivity contribution in [2.75, 3.05) is 14.2 Å². The zero-order valence-electron chi connectivity index (χ0n) is 15.9. The van der Waals surface area contributed by atoms with E-state index < -0.39 is 18.0 Å². The molecule has 1 atom stereocenters. The van der Waals surface area contributed by atoms with Crippen molar-refractivity contribution >= 4 is 29.6 Å². The second-order valence-corrected chi connectivity index (χ2v) is 6.24. The van der Waals surface area contributed by atoms with Gasteiger partial charge >= 0.3 is 5.97 Å². The summed E-state index contributed by atoms with van der Waals surface area (Å²) < 4.78 is 15.5. The quantitative estimate of drug-likeness (QED) is 0.538. The highest BCUT2D eigenvalue weighted by atomic mass is 35.5. The molecular weight excluding hydrogens is 382 g/mol. The van der Waals surface area contributed by atoms with Crippen LogP contribution < -0.4 is 14.8 Å². The fourth-order valence-corrected chi connectivity index (χ4v) is 2.55. The van der Waals surface area contributed by atoms with Gasteiger partial charge in [0.15, 0.2) is 6.10 Å². The number of hydrogen-bond acceptors (Lipinski definition) is 5. The molecule has 1 unspecified atom stereocenters. The third-order valence-electron chi connectivity index (χ3n) is 3.91. The molecule has 0 saturated carbocycles. The zero-order valence-corrected chi connectivity index (χ0v) is 16.7. The molecule has 0 aliphatic heterocycles. The molecule has 0 bridgehead atoms. The first-order chi connectivity index (χ1) is 13.4. The number of carbonyl (C=O) groups excluding carboxylic acids is 2. The van der Waals surface area contributed by atoms with Crippen LogP contribution in [0.5, 0.6) is 11.5 Å². The van der Waals surface area contributed by atoms with Gasteiger partial charge in [-0.1, -0.05) is 29.8 Å². The molecule has 0 aliphatic rings. The van der Waals surface area contributed by atoms with Crippen molar-refractivity contribution in [3.8, 4) is 11.5 Å². The number of carbonyl (C=O) groups is 2. The molecule has 2 aromatic carbocycles. The normalized spacial score (nSPS) is 11.7. The molecule has 2 aromatic rings. The van der Waals surface area contributed by atoms with Crippen molar-refractivity contribution in [3.63, 3.8) is 0 Å². The summed E-state index contributed by atoms with van der Waals surface area (Å²) in [5.74, 6) is 0.135. The summed E-state index contributed by atoms with van der Waals surface area (Å²) in [6.07, 6.45) is 1.84. The SMILES string of the molecule is COc1ccc(/C=C/C(=O)OC(C)C(=O)NCc2ccccc2Cl)c(OC)c1. The predicted molar refractivity (Wildman–Crippen MR) is 107 cm³/mol. The summed E-state index contributed by atoms with van der Waals surface area (Å²) in [5.41, 5.74) is 1.46. The highest BCUT2D eigenvalue weighted by Gasteiger charge is 2.16. The molecule has 1 N–H and O–H groups in total. The molecule has 1 amide bonds. The first kappa shape index (κ1) is 21.3. The Hall–Kier alpha value is -2.99. The second kappa shape index (κ2) is 10.4. The Labute approximate surface area is 169 Å². The van der Waals surface area contributed by atoms with E-state index in [2.05, 4.69) is 5.32 Å². The van der Waals surface area contributed by atoms with Gasteiger partial charge in [-0.05, 0) is 36.8 Å². The second-order valence-electron chi connectivity index (χ2n) is 5.83. The average molecular weight is 404 g/mol. The molecule has 2 rings (SSSR count). The summed E-state index contributed by atoms with van der Waals surface area (Å²) in [6.45, 7) is 1.75. The van der Waals surface area contributed by atoms with Crippen LogP contribution in [0.3, 0.4) is 0 Å². The Bertz CT molecular complexity index is 866. The molecule has 0 saturated heterocycles. The molecule has 0 fully saturated rings. The maximum absolute atomic E-state index is 12.1. The highest BCUT2D eigenvalue weighted by molar-refractivity contribution is 6.31. The van der Waals surface area contributed by atoms with Crippen LogP contribution in [0.1, 0.15) is 18.1 Å². The Morgan fingerprint density at radius 3 is 2.57 bits per heavy atom. The standard InChI is InChI=1S/C21H22ClNO5/c1-14(21(25)23-13-16-6-4-5-7-18(16)22)28-20(24)11-9-15-8-10-17(26-2)12-19(15)27-3/h4-12,14H,13H2,1-3H3,(H,23,25)/b11-9+. The monoisotopic (exact) mass is 403 g/mol. The van der Waals surface area contributed by atoms with Gasteiger partial charge in [0.25, 0.3) is 5.91 Å². The van der Waals surface area contributed by atoms with Crippen molar-refractivity contribution in [1.82, 2.24) is 5.32 Å². The Morgan fingerprint density at radius 2 is 1.89 bits per heavy atom. The van der Waals surface area contributed by atoms with E-state index in [0.29, 0.717) is 22.1 Å². The fraction of sp³-hybridized carbons (Fsp3) is 0.238. The van der Waals surface area contributed by atoms with Crippen molar-refractivity contribution in [2.45, 2.75) is 19.6 Å². The molecule has 0 spiro atoms. The van der Waals surface area contributed by atoms with Crippen LogP contribution in [-0.2, 0) is 20.9 Å². The van der Waals surface area contributed by atoms with Gasteiger partial charge in [0.2, 0.25) is 0 Å². The number of amides is 1. The molecule has 28 heavy (non-hydrogen) atoms. The summed E-state index contributed by atoms with van der Waals surface area (Å²) in [5, 5.41) is 3.25. The lowest BCUT2D eigenvalue weighted by Crippen LogP contribution is -2.35. The Kier molecular flexibility index (Phi) is 7.89. The van der Waals surface area contributed by atoms with E-state index in [9.17, 15) is 9.59 Å². The van der Waals surface area contributed by atoms with Gasteiger partial charge < -0.3 is 19.5 Å². The molecule has 0 aromatic heterocycles. The molecule has 0 heterocycles. The lowest BCUT2D eigenvalue weighted by atomic mass is 10.1. The van der Waals surface area contributed by atoms with Gasteiger partial charge in [-0.15, -0.1) is 0 Å². The molecule has 7 heteroatoms. The van der Waals surface area contributed by atoms with Crippen LogP contribution in [0.15, 0.2) is 48.5 Å². The smallest absolute Gasteiger partial charge is 0.331 e. The number of nitrogens with one attached hydrogen (secondary N) is 1. The van der Waals surface area contributed by atoms with E-state index in [-0.39, 0.29) is 6.54 Å². The summed E-state index contributed by atoms with van der Waals surface area (Å²) in [7, 11) is 3.08. The largest absolute Gasteiger partial charge is 0.497 e.